The van der Waals surface area contributed by atoms with Gasteiger partial charge < -0.3 is 10.4 Å². The molecule has 5 heteroatoms. The fourth-order valence-corrected chi connectivity index (χ4v) is 2.42. The zero-order valence-corrected chi connectivity index (χ0v) is 17.5. The topological polar surface area (TPSA) is 45.2 Å². The first-order valence-electron chi connectivity index (χ1n) is 9.35. The number of allylic oxidation sites excluding steroid dienone is 2. The molecule has 0 aliphatic rings. The first kappa shape index (κ1) is 24.5. The summed E-state index contributed by atoms with van der Waals surface area (Å²) in [5, 5.41) is 11.8. The number of aliphatic hydroxyl groups excluding tert-OH is 1. The van der Waals surface area contributed by atoms with Crippen molar-refractivity contribution < 1.29 is 13.9 Å². The third kappa shape index (κ3) is 8.26. The van der Waals surface area contributed by atoms with Crippen molar-refractivity contribution in [1.29, 1.82) is 0 Å². The molecule has 150 valence electrons. The van der Waals surface area contributed by atoms with Gasteiger partial charge in [-0.05, 0) is 43.7 Å². The van der Waals surface area contributed by atoms with Crippen LogP contribution < -0.4 is 5.32 Å². The maximum atomic E-state index is 13.3. The molecule has 0 saturated heterocycles. The van der Waals surface area contributed by atoms with Crippen molar-refractivity contribution >= 4 is 0 Å². The van der Waals surface area contributed by atoms with Crippen LogP contribution in [0.1, 0.15) is 77.7 Å². The van der Waals surface area contributed by atoms with Gasteiger partial charge in [0.2, 0.25) is 0 Å². The Balaban J connectivity index is 0.000000758. The molecule has 26 heavy (non-hydrogen) atoms. The highest BCUT2D eigenvalue weighted by molar-refractivity contribution is 5.27. The van der Waals surface area contributed by atoms with Crippen LogP contribution in [0.3, 0.4) is 0 Å². The van der Waals surface area contributed by atoms with E-state index in [1.54, 1.807) is 26.1 Å². The molecular formula is C21H36F2N2O. The fourth-order valence-electron chi connectivity index (χ4n) is 2.42. The normalized spacial score (nSPS) is 14.5. The lowest BCUT2D eigenvalue weighted by Gasteiger charge is -2.23. The van der Waals surface area contributed by atoms with Gasteiger partial charge in [0.25, 0.3) is 5.92 Å². The molecule has 2 atom stereocenters. The van der Waals surface area contributed by atoms with Crippen molar-refractivity contribution in [3.05, 3.63) is 40.9 Å². The lowest BCUT2D eigenvalue weighted by atomic mass is 9.96. The van der Waals surface area contributed by atoms with Gasteiger partial charge in [-0.1, -0.05) is 46.3 Å². The molecule has 1 aromatic heterocycles. The highest BCUT2D eigenvalue weighted by Gasteiger charge is 2.28. The van der Waals surface area contributed by atoms with E-state index in [0.717, 1.165) is 24.3 Å². The summed E-state index contributed by atoms with van der Waals surface area (Å²) in [6, 6.07) is 1.48. The maximum absolute atomic E-state index is 13.3. The Kier molecular flexibility index (Phi) is 10.6. The van der Waals surface area contributed by atoms with Gasteiger partial charge in [-0.2, -0.15) is 0 Å². The van der Waals surface area contributed by atoms with Crippen molar-refractivity contribution in [3.8, 4) is 0 Å². The van der Waals surface area contributed by atoms with Crippen LogP contribution in [0.4, 0.5) is 8.78 Å². The van der Waals surface area contributed by atoms with E-state index in [0.29, 0.717) is 11.3 Å². The molecule has 3 nitrogen and oxygen atoms in total. The SMILES string of the molecule is C/C=C(\NC(C)c1ncc(CO)cc1C)C(C)(F)F.CCC(C)C(C)C. The van der Waals surface area contributed by atoms with E-state index in [9.17, 15) is 8.78 Å². The number of hydrogen-bond donors (Lipinski definition) is 2. The van der Waals surface area contributed by atoms with Crippen molar-refractivity contribution in [2.45, 2.75) is 80.4 Å². The van der Waals surface area contributed by atoms with Gasteiger partial charge in [0.15, 0.2) is 0 Å². The number of halogens is 2. The standard InChI is InChI=1S/C14H20F2N2O.C7H16/c1-5-12(14(4,15)16)18-10(3)13-9(2)6-11(8-19)7-17-13;1-5-7(4)6(2)3/h5-7,10,18-19H,8H2,1-4H3;6-7H,5H2,1-4H3/b12-5-;. The van der Waals surface area contributed by atoms with Crippen LogP contribution in [-0.2, 0) is 6.61 Å². The fraction of sp³-hybridized carbons (Fsp3) is 0.667. The monoisotopic (exact) mass is 370 g/mol. The number of hydrogen-bond acceptors (Lipinski definition) is 3. The molecule has 0 fully saturated rings. The third-order valence-corrected chi connectivity index (χ3v) is 4.68. The van der Waals surface area contributed by atoms with Gasteiger partial charge in [-0.3, -0.25) is 4.98 Å². The second-order valence-corrected chi connectivity index (χ2v) is 7.29. The molecular weight excluding hydrogens is 334 g/mol. The molecule has 1 heterocycles. The zero-order valence-electron chi connectivity index (χ0n) is 17.5. The van der Waals surface area contributed by atoms with Crippen LogP contribution in [0, 0.1) is 18.8 Å². The van der Waals surface area contributed by atoms with E-state index in [4.69, 9.17) is 5.11 Å². The number of nitrogens with zero attached hydrogens (tertiary/aromatic N) is 1. The van der Waals surface area contributed by atoms with Crippen LogP contribution in [0.2, 0.25) is 0 Å². The van der Waals surface area contributed by atoms with Crippen molar-refractivity contribution in [2.75, 3.05) is 0 Å². The first-order chi connectivity index (χ1) is 12.0. The van der Waals surface area contributed by atoms with Crippen LogP contribution in [0.5, 0.6) is 0 Å². The van der Waals surface area contributed by atoms with Crippen LogP contribution in [-0.4, -0.2) is 16.0 Å². The first-order valence-corrected chi connectivity index (χ1v) is 9.35. The van der Waals surface area contributed by atoms with Gasteiger partial charge in [0, 0.05) is 13.1 Å². The van der Waals surface area contributed by atoms with Crippen molar-refractivity contribution in [1.82, 2.24) is 10.3 Å². The predicted molar refractivity (Wildman–Crippen MR) is 105 cm³/mol. The van der Waals surface area contributed by atoms with Gasteiger partial charge in [-0.25, -0.2) is 8.78 Å². The summed E-state index contributed by atoms with van der Waals surface area (Å²) in [7, 11) is 0. The molecule has 2 unspecified atom stereocenters. The lowest BCUT2D eigenvalue weighted by molar-refractivity contribution is 0.0536. The number of rotatable bonds is 7. The smallest absolute Gasteiger partial charge is 0.284 e. The van der Waals surface area contributed by atoms with Crippen LogP contribution in [0.25, 0.3) is 0 Å². The number of pyridine rings is 1. The van der Waals surface area contributed by atoms with Crippen molar-refractivity contribution in [2.24, 2.45) is 11.8 Å². The number of nitrogens with one attached hydrogen (secondary N) is 1. The van der Waals surface area contributed by atoms with E-state index in [-0.39, 0.29) is 18.3 Å². The molecule has 1 aromatic rings. The molecule has 0 aromatic carbocycles. The second kappa shape index (κ2) is 11.3. The Morgan fingerprint density at radius 1 is 1.31 bits per heavy atom. The highest BCUT2D eigenvalue weighted by atomic mass is 19.3. The van der Waals surface area contributed by atoms with E-state index in [2.05, 4.69) is 38.0 Å². The Morgan fingerprint density at radius 3 is 2.19 bits per heavy atom. The summed E-state index contributed by atoms with van der Waals surface area (Å²) in [5.74, 6) is -1.13. The van der Waals surface area contributed by atoms with E-state index in [1.165, 1.54) is 12.5 Å². The van der Waals surface area contributed by atoms with Gasteiger partial charge in [0.05, 0.1) is 24.0 Å². The second-order valence-electron chi connectivity index (χ2n) is 7.29. The summed E-state index contributed by atoms with van der Waals surface area (Å²) in [6.45, 7) is 15.1. The summed E-state index contributed by atoms with van der Waals surface area (Å²) in [5.41, 5.74) is 2.15. The minimum Gasteiger partial charge on any atom is -0.392 e. The highest BCUT2D eigenvalue weighted by Crippen LogP contribution is 2.25. The minimum atomic E-state index is -2.90. The Hall–Kier alpha value is -1.49. The largest absolute Gasteiger partial charge is 0.392 e. The average Bonchev–Trinajstić information content (AvgIpc) is 2.57. The molecule has 0 bridgehead atoms. The number of aryl methyl sites for hydroxylation is 1. The average molecular weight is 371 g/mol. The predicted octanol–water partition coefficient (Wildman–Crippen LogP) is 5.78. The van der Waals surface area contributed by atoms with Gasteiger partial charge in [-0.15, -0.1) is 0 Å². The molecule has 2 N–H and O–H groups in total. The van der Waals surface area contributed by atoms with Crippen LogP contribution in [0.15, 0.2) is 24.0 Å². The lowest BCUT2D eigenvalue weighted by Crippen LogP contribution is -2.30. The minimum absolute atomic E-state index is 0.0803. The summed E-state index contributed by atoms with van der Waals surface area (Å²) in [4.78, 5) is 4.22. The molecule has 0 amide bonds. The molecule has 0 aliphatic carbocycles. The summed E-state index contributed by atoms with van der Waals surface area (Å²) < 4.78 is 26.6. The molecule has 0 radical (unpaired) electrons. The van der Waals surface area contributed by atoms with E-state index in [1.807, 2.05) is 6.92 Å². The molecule has 0 spiro atoms. The quantitative estimate of drug-likeness (QED) is 0.639. The molecule has 0 saturated carbocycles. The number of aliphatic hydroxyl groups is 1. The molecule has 0 aliphatic heterocycles. The Morgan fingerprint density at radius 2 is 1.88 bits per heavy atom. The summed E-state index contributed by atoms with van der Waals surface area (Å²) in [6.07, 6.45) is 4.24. The van der Waals surface area contributed by atoms with E-state index >= 15 is 0 Å². The van der Waals surface area contributed by atoms with Crippen molar-refractivity contribution in [3.63, 3.8) is 0 Å². The van der Waals surface area contributed by atoms with Crippen LogP contribution >= 0.6 is 0 Å². The molecule has 1 rings (SSSR count). The Labute approximate surface area is 157 Å². The maximum Gasteiger partial charge on any atom is 0.284 e. The summed E-state index contributed by atoms with van der Waals surface area (Å²) >= 11 is 0. The van der Waals surface area contributed by atoms with Gasteiger partial charge >= 0.3 is 0 Å². The van der Waals surface area contributed by atoms with Gasteiger partial charge in [0.1, 0.15) is 0 Å². The number of aromatic nitrogens is 1. The Bertz CT molecular complexity index is 566. The number of alkyl halides is 2. The van der Waals surface area contributed by atoms with E-state index < -0.39 is 5.92 Å². The third-order valence-electron chi connectivity index (χ3n) is 4.68. The zero-order chi connectivity index (χ0) is 20.5.